The maximum Gasteiger partial charge on any atom is 0.490 e. The van der Waals surface area contributed by atoms with E-state index in [9.17, 15) is 18.0 Å². The number of carbonyl (C=O) groups is 2. The normalized spacial score (nSPS) is 23.2. The number of carboxylic acids is 1. The van der Waals surface area contributed by atoms with Gasteiger partial charge in [0.1, 0.15) is 12.7 Å². The Morgan fingerprint density at radius 1 is 1.28 bits per heavy atom. The highest BCUT2D eigenvalue weighted by Gasteiger charge is 2.45. The van der Waals surface area contributed by atoms with Crippen LogP contribution in [0.1, 0.15) is 25.5 Å². The smallest absolute Gasteiger partial charge is 0.475 e. The van der Waals surface area contributed by atoms with Gasteiger partial charge >= 0.3 is 12.1 Å². The third-order valence-electron chi connectivity index (χ3n) is 5.69. The van der Waals surface area contributed by atoms with Gasteiger partial charge in [-0.15, -0.1) is 0 Å². The van der Waals surface area contributed by atoms with Crippen LogP contribution in [0, 0.1) is 5.92 Å². The summed E-state index contributed by atoms with van der Waals surface area (Å²) in [7, 11) is 0. The number of hydrogen-bond donors (Lipinski definition) is 1. The van der Waals surface area contributed by atoms with Crippen molar-refractivity contribution in [2.24, 2.45) is 5.92 Å². The average molecular weight is 454 g/mol. The molecule has 1 amide bonds. The summed E-state index contributed by atoms with van der Waals surface area (Å²) in [6.45, 7) is 5.35. The molecule has 2 aromatic rings. The molecule has 2 aliphatic rings. The first-order chi connectivity index (χ1) is 15.1. The number of nitrogens with zero attached hydrogens (tertiary/aromatic N) is 6. The fourth-order valence-electron chi connectivity index (χ4n) is 4.49. The van der Waals surface area contributed by atoms with Crippen LogP contribution < -0.4 is 0 Å². The highest BCUT2D eigenvalue weighted by molar-refractivity contribution is 5.74. The largest absolute Gasteiger partial charge is 0.490 e. The monoisotopic (exact) mass is 454 g/mol. The average Bonchev–Trinajstić information content (AvgIpc) is 3.35. The van der Waals surface area contributed by atoms with Crippen molar-refractivity contribution in [2.45, 2.75) is 51.1 Å². The van der Waals surface area contributed by atoms with Crippen LogP contribution in [0.5, 0.6) is 0 Å². The van der Waals surface area contributed by atoms with E-state index in [2.05, 4.69) is 30.9 Å². The molecule has 0 aliphatic carbocycles. The second-order valence-electron chi connectivity index (χ2n) is 7.91. The van der Waals surface area contributed by atoms with Gasteiger partial charge in [-0.05, 0) is 30.9 Å². The zero-order chi connectivity index (χ0) is 23.3. The van der Waals surface area contributed by atoms with Gasteiger partial charge < -0.3 is 10.0 Å². The first-order valence-corrected chi connectivity index (χ1v) is 10.2. The van der Waals surface area contributed by atoms with Crippen LogP contribution in [0.2, 0.25) is 0 Å². The molecule has 2 fully saturated rings. The standard InChI is InChI=1S/C18H24N6O.C2HF3O2/c1-14(25)24-17(11-23-13-19-12-21-23)8-15-9-22(7-5-18(15)24)10-16-4-2-3-6-20-16;3-2(4,5)1(6)7/h2-4,6,12-13,15,17-18H,5,7-11H2,1H3;(H,6,7)/t15-,17+,18+;/m1./s1. The van der Waals surface area contributed by atoms with Gasteiger partial charge in [0.2, 0.25) is 5.91 Å². The van der Waals surface area contributed by atoms with Crippen molar-refractivity contribution in [1.29, 1.82) is 0 Å². The first kappa shape index (κ1) is 23.6. The number of fused-ring (bicyclic) bond motifs is 1. The Kier molecular flexibility index (Phi) is 7.44. The molecule has 12 heteroatoms. The Hall–Kier alpha value is -3.02. The Bertz CT molecular complexity index is 894. The lowest BCUT2D eigenvalue weighted by Gasteiger charge is -2.38. The zero-order valence-electron chi connectivity index (χ0n) is 17.5. The fourth-order valence-corrected chi connectivity index (χ4v) is 4.49. The Morgan fingerprint density at radius 2 is 2.03 bits per heavy atom. The van der Waals surface area contributed by atoms with Gasteiger partial charge in [-0.1, -0.05) is 6.07 Å². The van der Waals surface area contributed by atoms with Gasteiger partial charge in [0, 0.05) is 38.8 Å². The van der Waals surface area contributed by atoms with E-state index in [0.717, 1.165) is 44.7 Å². The number of amides is 1. The van der Waals surface area contributed by atoms with Crippen LogP contribution in [0.4, 0.5) is 13.2 Å². The molecule has 32 heavy (non-hydrogen) atoms. The molecule has 2 aromatic heterocycles. The summed E-state index contributed by atoms with van der Waals surface area (Å²) in [5.41, 5.74) is 1.11. The number of alkyl halides is 3. The van der Waals surface area contributed by atoms with Gasteiger partial charge in [0.25, 0.3) is 0 Å². The third kappa shape index (κ3) is 6.02. The summed E-state index contributed by atoms with van der Waals surface area (Å²) in [6, 6.07) is 6.63. The molecular weight excluding hydrogens is 429 g/mol. The van der Waals surface area contributed by atoms with E-state index in [4.69, 9.17) is 9.90 Å². The number of hydrogen-bond acceptors (Lipinski definition) is 6. The van der Waals surface area contributed by atoms with E-state index in [-0.39, 0.29) is 11.9 Å². The minimum absolute atomic E-state index is 0.177. The van der Waals surface area contributed by atoms with Crippen molar-refractivity contribution in [3.63, 3.8) is 0 Å². The molecule has 4 heterocycles. The predicted octanol–water partition coefficient (Wildman–Crippen LogP) is 1.82. The quantitative estimate of drug-likeness (QED) is 0.752. The van der Waals surface area contributed by atoms with E-state index in [1.807, 2.05) is 23.0 Å². The van der Waals surface area contributed by atoms with E-state index < -0.39 is 12.1 Å². The maximum atomic E-state index is 12.3. The molecule has 0 spiro atoms. The lowest BCUT2D eigenvalue weighted by molar-refractivity contribution is -0.192. The number of carbonyl (C=O) groups excluding carboxylic acids is 1. The van der Waals surface area contributed by atoms with Crippen LogP contribution >= 0.6 is 0 Å². The van der Waals surface area contributed by atoms with Crippen LogP contribution in [-0.4, -0.2) is 77.9 Å². The number of aromatic nitrogens is 4. The second kappa shape index (κ2) is 10.1. The Morgan fingerprint density at radius 3 is 2.59 bits per heavy atom. The van der Waals surface area contributed by atoms with E-state index in [1.165, 1.54) is 0 Å². The minimum Gasteiger partial charge on any atom is -0.475 e. The molecule has 9 nitrogen and oxygen atoms in total. The molecule has 0 radical (unpaired) electrons. The maximum absolute atomic E-state index is 12.3. The molecule has 0 bridgehead atoms. The van der Waals surface area contributed by atoms with Crippen molar-refractivity contribution in [1.82, 2.24) is 29.5 Å². The Balaban J connectivity index is 0.000000360. The van der Waals surface area contributed by atoms with E-state index in [1.54, 1.807) is 19.6 Å². The van der Waals surface area contributed by atoms with Crippen molar-refractivity contribution in [3.05, 3.63) is 42.7 Å². The van der Waals surface area contributed by atoms with Crippen LogP contribution in [0.3, 0.4) is 0 Å². The summed E-state index contributed by atoms with van der Waals surface area (Å²) in [5, 5.41) is 11.3. The van der Waals surface area contributed by atoms with Crippen LogP contribution in [-0.2, 0) is 22.7 Å². The highest BCUT2D eigenvalue weighted by Crippen LogP contribution is 2.36. The van der Waals surface area contributed by atoms with E-state index in [0.29, 0.717) is 12.0 Å². The summed E-state index contributed by atoms with van der Waals surface area (Å²) in [4.78, 5) is 34.2. The summed E-state index contributed by atoms with van der Waals surface area (Å²) in [5.74, 6) is -2.06. The van der Waals surface area contributed by atoms with Crippen molar-refractivity contribution in [2.75, 3.05) is 13.1 Å². The van der Waals surface area contributed by atoms with Gasteiger partial charge in [-0.25, -0.2) is 9.78 Å². The lowest BCUT2D eigenvalue weighted by Crippen LogP contribution is -2.48. The van der Waals surface area contributed by atoms with Gasteiger partial charge in [0.05, 0.1) is 18.3 Å². The predicted molar refractivity (Wildman–Crippen MR) is 106 cm³/mol. The minimum atomic E-state index is -5.08. The molecule has 1 N–H and O–H groups in total. The number of likely N-dealkylation sites (tertiary alicyclic amines) is 2. The molecule has 3 atom stereocenters. The fraction of sp³-hybridized carbons (Fsp3) is 0.550. The summed E-state index contributed by atoms with van der Waals surface area (Å²) >= 11 is 0. The zero-order valence-corrected chi connectivity index (χ0v) is 17.5. The van der Waals surface area contributed by atoms with Gasteiger partial charge in [0.15, 0.2) is 0 Å². The Labute approximate surface area is 182 Å². The summed E-state index contributed by atoms with van der Waals surface area (Å²) < 4.78 is 33.6. The van der Waals surface area contributed by atoms with Gasteiger partial charge in [-0.2, -0.15) is 18.3 Å². The molecule has 2 saturated heterocycles. The van der Waals surface area contributed by atoms with Crippen molar-refractivity contribution in [3.8, 4) is 0 Å². The number of halogens is 3. The highest BCUT2D eigenvalue weighted by atomic mass is 19.4. The van der Waals surface area contributed by atoms with Crippen LogP contribution in [0.25, 0.3) is 0 Å². The molecule has 0 unspecified atom stereocenters. The molecule has 4 rings (SSSR count). The molecular formula is C20H25F3N6O3. The second-order valence-corrected chi connectivity index (χ2v) is 7.91. The summed E-state index contributed by atoms with van der Waals surface area (Å²) in [6.07, 6.45) is 2.11. The topological polar surface area (TPSA) is 104 Å². The van der Waals surface area contributed by atoms with Gasteiger partial charge in [-0.3, -0.25) is 19.4 Å². The number of aliphatic carboxylic acids is 1. The molecule has 2 aliphatic heterocycles. The van der Waals surface area contributed by atoms with Crippen molar-refractivity contribution >= 4 is 11.9 Å². The molecule has 0 aromatic carbocycles. The molecule has 174 valence electrons. The molecule has 0 saturated carbocycles. The van der Waals surface area contributed by atoms with Crippen molar-refractivity contribution < 1.29 is 27.9 Å². The lowest BCUT2D eigenvalue weighted by atomic mass is 9.92. The number of carboxylic acid groups (broad SMARTS) is 1. The number of rotatable bonds is 4. The third-order valence-corrected chi connectivity index (χ3v) is 5.69. The number of piperidine rings is 1. The number of pyridine rings is 1. The SMILES string of the molecule is CC(=O)N1[C@H](Cn2cncn2)C[C@@H]2CN(Cc3ccccn3)CC[C@@H]21.O=C(O)C(F)(F)F. The van der Waals surface area contributed by atoms with E-state index >= 15 is 0 Å². The first-order valence-electron chi connectivity index (χ1n) is 10.2. The van der Waals surface area contributed by atoms with Crippen LogP contribution in [0.15, 0.2) is 37.1 Å².